The Kier molecular flexibility index (Phi) is 6.87. The molecule has 7 heteroatoms. The predicted molar refractivity (Wildman–Crippen MR) is 118 cm³/mol. The summed E-state index contributed by atoms with van der Waals surface area (Å²) in [6.07, 6.45) is 2.49. The Morgan fingerprint density at radius 1 is 1.16 bits per heavy atom. The van der Waals surface area contributed by atoms with Crippen molar-refractivity contribution in [2.45, 2.75) is 46.3 Å². The molecule has 31 heavy (non-hydrogen) atoms. The second-order valence-electron chi connectivity index (χ2n) is 8.19. The van der Waals surface area contributed by atoms with Gasteiger partial charge in [-0.05, 0) is 42.9 Å². The Morgan fingerprint density at radius 2 is 1.90 bits per heavy atom. The number of aromatic carboxylic acids is 1. The fourth-order valence-corrected chi connectivity index (χ4v) is 3.87. The Balaban J connectivity index is 2.18. The molecule has 0 saturated carbocycles. The molecular formula is C24H28N2O5. The van der Waals surface area contributed by atoms with Gasteiger partial charge in [0, 0.05) is 6.20 Å². The monoisotopic (exact) mass is 424 g/mol. The van der Waals surface area contributed by atoms with Crippen LogP contribution in [0.25, 0.3) is 11.0 Å². The highest BCUT2D eigenvalue weighted by atomic mass is 16.4. The first-order chi connectivity index (χ1) is 14.8. The summed E-state index contributed by atoms with van der Waals surface area (Å²) in [5, 5.41) is 29.6. The summed E-state index contributed by atoms with van der Waals surface area (Å²) in [4.78, 5) is 29.2. The fraction of sp³-hybridized carbons (Fsp3) is 0.375. The number of benzene rings is 1. The minimum absolute atomic E-state index is 0.0299. The van der Waals surface area contributed by atoms with E-state index in [0.29, 0.717) is 24.1 Å². The Labute approximate surface area is 180 Å². The first-order valence-electron chi connectivity index (χ1n) is 10.3. The maximum atomic E-state index is 12.9. The van der Waals surface area contributed by atoms with E-state index in [9.17, 15) is 24.9 Å². The van der Waals surface area contributed by atoms with Crippen LogP contribution in [0.15, 0.2) is 41.3 Å². The molecule has 0 radical (unpaired) electrons. The van der Waals surface area contributed by atoms with E-state index in [1.165, 1.54) is 6.20 Å². The number of hydrogen-bond donors (Lipinski definition) is 3. The zero-order chi connectivity index (χ0) is 22.7. The fourth-order valence-electron chi connectivity index (χ4n) is 3.87. The highest BCUT2D eigenvalue weighted by molar-refractivity contribution is 5.92. The lowest BCUT2D eigenvalue weighted by molar-refractivity contribution is 0.0694. The highest BCUT2D eigenvalue weighted by Gasteiger charge is 2.23. The van der Waals surface area contributed by atoms with Crippen LogP contribution in [0.3, 0.4) is 0 Å². The largest absolute Gasteiger partial charge is 0.477 e. The van der Waals surface area contributed by atoms with Crippen molar-refractivity contribution < 1.29 is 20.1 Å². The Hall–Kier alpha value is -3.03. The van der Waals surface area contributed by atoms with Crippen molar-refractivity contribution in [2.24, 2.45) is 5.92 Å². The number of carboxylic acids is 1. The van der Waals surface area contributed by atoms with Crippen LogP contribution in [0, 0.1) is 12.8 Å². The number of carbonyl (C=O) groups is 1. The molecule has 2 aromatic heterocycles. The maximum absolute atomic E-state index is 12.9. The number of aromatic nitrogens is 2. The second kappa shape index (κ2) is 9.41. The molecule has 3 rings (SSSR count). The average molecular weight is 424 g/mol. The van der Waals surface area contributed by atoms with Crippen LogP contribution < -0.4 is 5.43 Å². The lowest BCUT2D eigenvalue weighted by Gasteiger charge is -2.24. The van der Waals surface area contributed by atoms with E-state index >= 15 is 0 Å². The summed E-state index contributed by atoms with van der Waals surface area (Å²) in [7, 11) is 0. The number of hydrogen-bond acceptors (Lipinski definition) is 5. The molecule has 0 saturated heterocycles. The van der Waals surface area contributed by atoms with Gasteiger partial charge in [0.15, 0.2) is 0 Å². The molecule has 2 heterocycles. The summed E-state index contributed by atoms with van der Waals surface area (Å²) < 4.78 is 1.55. The molecule has 0 aliphatic heterocycles. The van der Waals surface area contributed by atoms with Gasteiger partial charge < -0.3 is 19.9 Å². The van der Waals surface area contributed by atoms with Crippen molar-refractivity contribution in [3.63, 3.8) is 0 Å². The number of pyridine rings is 2. The van der Waals surface area contributed by atoms with E-state index in [1.54, 1.807) is 10.6 Å². The van der Waals surface area contributed by atoms with Crippen molar-refractivity contribution in [1.29, 1.82) is 0 Å². The van der Waals surface area contributed by atoms with E-state index < -0.39 is 17.4 Å². The SMILES string of the molecule is Cc1cccc(CCc2cc3c(=O)c(C(=O)O)cn([C@H](CO)C(C)C)c3nc2CO)c1. The zero-order valence-electron chi connectivity index (χ0n) is 18.0. The number of fused-ring (bicyclic) bond motifs is 1. The van der Waals surface area contributed by atoms with Crippen LogP contribution in [-0.4, -0.2) is 37.4 Å². The summed E-state index contributed by atoms with van der Waals surface area (Å²) in [6, 6.07) is 9.28. The van der Waals surface area contributed by atoms with E-state index in [-0.39, 0.29) is 35.7 Å². The predicted octanol–water partition coefficient (Wildman–Crippen LogP) is 2.87. The molecule has 0 spiro atoms. The standard InChI is InChI=1S/C24H28N2O5/c1-14(2)21(13-28)26-11-19(24(30)31)22(29)18-10-17(20(12-27)25-23(18)26)8-7-16-6-4-5-15(3)9-16/h4-6,9-11,14,21,27-28H,7-8,12-13H2,1-3H3,(H,30,31)/t21-/m1/s1. The van der Waals surface area contributed by atoms with Crippen LogP contribution in [0.5, 0.6) is 0 Å². The van der Waals surface area contributed by atoms with E-state index in [4.69, 9.17) is 0 Å². The third kappa shape index (κ3) is 4.68. The lowest BCUT2D eigenvalue weighted by Crippen LogP contribution is -2.26. The molecule has 0 fully saturated rings. The molecule has 0 amide bonds. The van der Waals surface area contributed by atoms with Crippen molar-refractivity contribution in [3.8, 4) is 0 Å². The van der Waals surface area contributed by atoms with Gasteiger partial charge in [0.25, 0.3) is 0 Å². The van der Waals surface area contributed by atoms with Crippen LogP contribution >= 0.6 is 0 Å². The molecule has 3 N–H and O–H groups in total. The molecule has 0 unspecified atom stereocenters. The van der Waals surface area contributed by atoms with Gasteiger partial charge in [-0.15, -0.1) is 0 Å². The summed E-state index contributed by atoms with van der Waals surface area (Å²) in [5.41, 5.74) is 2.70. The Bertz CT molecular complexity index is 1170. The first kappa shape index (κ1) is 22.7. The van der Waals surface area contributed by atoms with Gasteiger partial charge in [-0.1, -0.05) is 43.7 Å². The number of nitrogens with zero attached hydrogens (tertiary/aromatic N) is 2. The minimum atomic E-state index is -1.33. The second-order valence-corrected chi connectivity index (χ2v) is 8.19. The molecular weight excluding hydrogens is 396 g/mol. The van der Waals surface area contributed by atoms with Crippen LogP contribution in [-0.2, 0) is 19.4 Å². The van der Waals surface area contributed by atoms with Gasteiger partial charge in [-0.25, -0.2) is 9.78 Å². The third-order valence-electron chi connectivity index (χ3n) is 5.63. The molecule has 164 valence electrons. The van der Waals surface area contributed by atoms with E-state index in [0.717, 1.165) is 11.1 Å². The zero-order valence-corrected chi connectivity index (χ0v) is 18.0. The first-order valence-corrected chi connectivity index (χ1v) is 10.3. The molecule has 0 bridgehead atoms. The topological polar surface area (TPSA) is 113 Å². The molecule has 7 nitrogen and oxygen atoms in total. The van der Waals surface area contributed by atoms with Gasteiger partial charge >= 0.3 is 5.97 Å². The van der Waals surface area contributed by atoms with Gasteiger partial charge in [0.05, 0.1) is 30.3 Å². The quantitative estimate of drug-likeness (QED) is 0.513. The van der Waals surface area contributed by atoms with Gasteiger partial charge in [-0.3, -0.25) is 4.79 Å². The van der Waals surface area contributed by atoms with Crippen LogP contribution in [0.4, 0.5) is 0 Å². The molecule has 3 aromatic rings. The summed E-state index contributed by atoms with van der Waals surface area (Å²) in [5.74, 6) is -1.36. The summed E-state index contributed by atoms with van der Waals surface area (Å²) in [6.45, 7) is 5.27. The number of aliphatic hydroxyl groups is 2. The number of aliphatic hydroxyl groups excluding tert-OH is 2. The van der Waals surface area contributed by atoms with Gasteiger partial charge in [0.2, 0.25) is 5.43 Å². The smallest absolute Gasteiger partial charge is 0.341 e. The molecule has 1 atom stereocenters. The van der Waals surface area contributed by atoms with Crippen molar-refractivity contribution in [1.82, 2.24) is 9.55 Å². The normalized spacial score (nSPS) is 12.5. The highest BCUT2D eigenvalue weighted by Crippen LogP contribution is 2.24. The van der Waals surface area contributed by atoms with E-state index in [1.807, 2.05) is 39.0 Å². The van der Waals surface area contributed by atoms with Crippen LogP contribution in [0.1, 0.15) is 52.6 Å². The minimum Gasteiger partial charge on any atom is -0.477 e. The van der Waals surface area contributed by atoms with Crippen molar-refractivity contribution >= 4 is 17.0 Å². The molecule has 0 aliphatic carbocycles. The van der Waals surface area contributed by atoms with Crippen molar-refractivity contribution in [2.75, 3.05) is 6.61 Å². The number of aryl methyl sites for hydroxylation is 3. The third-order valence-corrected chi connectivity index (χ3v) is 5.63. The Morgan fingerprint density at radius 3 is 2.48 bits per heavy atom. The van der Waals surface area contributed by atoms with Gasteiger partial charge in [0.1, 0.15) is 11.2 Å². The van der Waals surface area contributed by atoms with E-state index in [2.05, 4.69) is 11.1 Å². The van der Waals surface area contributed by atoms with Gasteiger partial charge in [-0.2, -0.15) is 0 Å². The maximum Gasteiger partial charge on any atom is 0.341 e. The summed E-state index contributed by atoms with van der Waals surface area (Å²) >= 11 is 0. The average Bonchev–Trinajstić information content (AvgIpc) is 2.73. The number of carboxylic acid groups (broad SMARTS) is 1. The lowest BCUT2D eigenvalue weighted by atomic mass is 9.99. The molecule has 1 aromatic carbocycles. The van der Waals surface area contributed by atoms with Crippen LogP contribution in [0.2, 0.25) is 0 Å². The number of rotatable bonds is 8. The van der Waals surface area contributed by atoms with Crippen molar-refractivity contribution in [3.05, 3.63) is 74.7 Å². The molecule has 0 aliphatic rings.